The van der Waals surface area contributed by atoms with Gasteiger partial charge >= 0.3 is 0 Å². The molecule has 0 aliphatic carbocycles. The van der Waals surface area contributed by atoms with Gasteiger partial charge < -0.3 is 11.1 Å². The summed E-state index contributed by atoms with van der Waals surface area (Å²) >= 11 is 0. The van der Waals surface area contributed by atoms with E-state index in [-0.39, 0.29) is 0 Å². The van der Waals surface area contributed by atoms with E-state index in [1.54, 1.807) is 0 Å². The Morgan fingerprint density at radius 2 is 1.91 bits per heavy atom. The minimum absolute atomic E-state index is 0.490. The van der Waals surface area contributed by atoms with Crippen molar-refractivity contribution in [2.75, 3.05) is 0 Å². The first-order valence-electron chi connectivity index (χ1n) is 3.81. The van der Waals surface area contributed by atoms with Crippen molar-refractivity contribution in [3.8, 4) is 0 Å². The summed E-state index contributed by atoms with van der Waals surface area (Å²) in [5.74, 6) is 1.20. The minimum Gasteiger partial charge on any atom is -0.385 e. The second kappa shape index (κ2) is 3.28. The normalized spacial score (nSPS) is 17.0. The third-order valence-electron chi connectivity index (χ3n) is 1.57. The van der Waals surface area contributed by atoms with Gasteiger partial charge in [0, 0.05) is 5.70 Å². The van der Waals surface area contributed by atoms with Crippen LogP contribution in [0.25, 0.3) is 0 Å². The highest BCUT2D eigenvalue weighted by molar-refractivity contribution is 5.25. The molecule has 1 aliphatic heterocycles. The quantitative estimate of drug-likeness (QED) is 0.594. The first-order valence-corrected chi connectivity index (χ1v) is 3.81. The summed E-state index contributed by atoms with van der Waals surface area (Å²) in [5, 5.41) is 3.12. The fourth-order valence-electron chi connectivity index (χ4n) is 0.905. The molecule has 0 aromatic rings. The molecule has 0 amide bonds. The standard InChI is InChI=1S/C9H14N2/c1-7(2)8-5-3-4-6-9(10)11-8/h3-7,11H,10H2,1-2H3. The molecule has 0 fully saturated rings. The lowest BCUT2D eigenvalue weighted by molar-refractivity contribution is 0.697. The Bertz CT molecular complexity index is 222. The minimum atomic E-state index is 0.490. The molecule has 11 heavy (non-hydrogen) atoms. The molecule has 1 heterocycles. The van der Waals surface area contributed by atoms with Crippen LogP contribution in [-0.4, -0.2) is 0 Å². The molecule has 0 saturated heterocycles. The van der Waals surface area contributed by atoms with Crippen LogP contribution in [0.5, 0.6) is 0 Å². The van der Waals surface area contributed by atoms with E-state index < -0.39 is 0 Å². The largest absolute Gasteiger partial charge is 0.385 e. The molecule has 0 spiro atoms. The van der Waals surface area contributed by atoms with Gasteiger partial charge in [0.2, 0.25) is 0 Å². The molecule has 0 unspecified atom stereocenters. The van der Waals surface area contributed by atoms with Gasteiger partial charge in [0.1, 0.15) is 5.82 Å². The number of hydrogen-bond acceptors (Lipinski definition) is 2. The molecule has 0 bridgehead atoms. The van der Waals surface area contributed by atoms with Gasteiger partial charge in [0.05, 0.1) is 0 Å². The van der Waals surface area contributed by atoms with Gasteiger partial charge in [-0.25, -0.2) is 0 Å². The van der Waals surface area contributed by atoms with Crippen molar-refractivity contribution >= 4 is 0 Å². The van der Waals surface area contributed by atoms with E-state index in [4.69, 9.17) is 5.73 Å². The smallest absolute Gasteiger partial charge is 0.100 e. The van der Waals surface area contributed by atoms with Gasteiger partial charge in [-0.3, -0.25) is 0 Å². The van der Waals surface area contributed by atoms with Crippen LogP contribution in [0, 0.1) is 5.92 Å². The van der Waals surface area contributed by atoms with E-state index in [1.807, 2.05) is 24.3 Å². The Balaban J connectivity index is 2.76. The Labute approximate surface area is 67.5 Å². The van der Waals surface area contributed by atoms with Crippen molar-refractivity contribution in [2.45, 2.75) is 13.8 Å². The van der Waals surface area contributed by atoms with Crippen molar-refractivity contribution in [1.29, 1.82) is 0 Å². The third-order valence-corrected chi connectivity index (χ3v) is 1.57. The van der Waals surface area contributed by atoms with Crippen molar-refractivity contribution in [1.82, 2.24) is 5.32 Å². The predicted octanol–water partition coefficient (Wildman–Crippen LogP) is 1.49. The maximum absolute atomic E-state index is 5.62. The maximum atomic E-state index is 5.62. The average molecular weight is 150 g/mol. The Morgan fingerprint density at radius 3 is 2.55 bits per heavy atom. The number of nitrogens with one attached hydrogen (secondary N) is 1. The molecular weight excluding hydrogens is 136 g/mol. The molecule has 0 aromatic carbocycles. The van der Waals surface area contributed by atoms with Crippen LogP contribution >= 0.6 is 0 Å². The van der Waals surface area contributed by atoms with E-state index in [9.17, 15) is 0 Å². The molecule has 60 valence electrons. The van der Waals surface area contributed by atoms with E-state index in [0.717, 1.165) is 5.70 Å². The highest BCUT2D eigenvalue weighted by Gasteiger charge is 2.02. The topological polar surface area (TPSA) is 38.0 Å². The monoisotopic (exact) mass is 150 g/mol. The summed E-state index contributed by atoms with van der Waals surface area (Å²) in [6, 6.07) is 0. The van der Waals surface area contributed by atoms with Crippen LogP contribution in [0.1, 0.15) is 13.8 Å². The summed E-state index contributed by atoms with van der Waals surface area (Å²) < 4.78 is 0. The Morgan fingerprint density at radius 1 is 1.27 bits per heavy atom. The number of nitrogens with two attached hydrogens (primary N) is 1. The van der Waals surface area contributed by atoms with Gasteiger partial charge in [-0.15, -0.1) is 0 Å². The second-order valence-electron chi connectivity index (χ2n) is 2.91. The maximum Gasteiger partial charge on any atom is 0.100 e. The van der Waals surface area contributed by atoms with Crippen LogP contribution in [0.3, 0.4) is 0 Å². The van der Waals surface area contributed by atoms with E-state index in [0.29, 0.717) is 11.7 Å². The second-order valence-corrected chi connectivity index (χ2v) is 2.91. The van der Waals surface area contributed by atoms with Crippen LogP contribution in [0.15, 0.2) is 35.8 Å². The lowest BCUT2D eigenvalue weighted by Crippen LogP contribution is -2.21. The van der Waals surface area contributed by atoms with Crippen molar-refractivity contribution < 1.29 is 0 Å². The van der Waals surface area contributed by atoms with Crippen molar-refractivity contribution in [3.05, 3.63) is 35.8 Å². The lowest BCUT2D eigenvalue weighted by Gasteiger charge is -2.12. The van der Waals surface area contributed by atoms with Crippen LogP contribution in [-0.2, 0) is 0 Å². The zero-order valence-corrected chi connectivity index (χ0v) is 6.96. The zero-order chi connectivity index (χ0) is 8.27. The number of allylic oxidation sites excluding steroid dienone is 5. The molecule has 0 aromatic heterocycles. The molecule has 1 rings (SSSR count). The third kappa shape index (κ3) is 2.15. The van der Waals surface area contributed by atoms with Crippen molar-refractivity contribution in [3.63, 3.8) is 0 Å². The SMILES string of the molecule is CC(C)C1=CC=CC=C(N)N1. The first-order chi connectivity index (χ1) is 5.20. The summed E-state index contributed by atoms with van der Waals surface area (Å²) in [5.41, 5.74) is 6.78. The van der Waals surface area contributed by atoms with Gasteiger partial charge in [-0.05, 0) is 18.1 Å². The highest BCUT2D eigenvalue weighted by atomic mass is 15.0. The molecule has 0 radical (unpaired) electrons. The highest BCUT2D eigenvalue weighted by Crippen LogP contribution is 2.08. The van der Waals surface area contributed by atoms with Crippen LogP contribution < -0.4 is 11.1 Å². The summed E-state index contributed by atoms with van der Waals surface area (Å²) in [4.78, 5) is 0. The summed E-state index contributed by atoms with van der Waals surface area (Å²) in [6.45, 7) is 4.26. The molecular formula is C9H14N2. The fraction of sp³-hybridized carbons (Fsp3) is 0.333. The van der Waals surface area contributed by atoms with Gasteiger partial charge in [-0.2, -0.15) is 0 Å². The Kier molecular flexibility index (Phi) is 2.36. The Hall–Kier alpha value is -1.18. The molecule has 1 aliphatic rings. The summed E-state index contributed by atoms with van der Waals surface area (Å²) in [7, 11) is 0. The number of rotatable bonds is 1. The molecule has 2 nitrogen and oxygen atoms in total. The molecule has 2 heteroatoms. The van der Waals surface area contributed by atoms with Crippen molar-refractivity contribution in [2.24, 2.45) is 11.7 Å². The van der Waals surface area contributed by atoms with Gasteiger partial charge in [0.15, 0.2) is 0 Å². The van der Waals surface area contributed by atoms with Crippen LogP contribution in [0.2, 0.25) is 0 Å². The zero-order valence-electron chi connectivity index (χ0n) is 6.96. The fourth-order valence-corrected chi connectivity index (χ4v) is 0.905. The first kappa shape index (κ1) is 7.92. The van der Waals surface area contributed by atoms with E-state index >= 15 is 0 Å². The molecule has 0 saturated carbocycles. The van der Waals surface area contributed by atoms with E-state index in [2.05, 4.69) is 19.2 Å². The van der Waals surface area contributed by atoms with Gasteiger partial charge in [0.25, 0.3) is 0 Å². The lowest BCUT2D eigenvalue weighted by atomic mass is 10.1. The average Bonchev–Trinajstić information content (AvgIpc) is 2.13. The number of hydrogen-bond donors (Lipinski definition) is 2. The molecule has 0 atom stereocenters. The van der Waals surface area contributed by atoms with Gasteiger partial charge in [-0.1, -0.05) is 26.0 Å². The van der Waals surface area contributed by atoms with E-state index in [1.165, 1.54) is 0 Å². The predicted molar refractivity (Wildman–Crippen MR) is 47.5 cm³/mol. The summed E-state index contributed by atoms with van der Waals surface area (Å²) in [6.07, 6.45) is 7.81. The molecule has 3 N–H and O–H groups in total. The van der Waals surface area contributed by atoms with Crippen LogP contribution in [0.4, 0.5) is 0 Å².